The molecule has 1 aromatic carbocycles. The smallest absolute Gasteiger partial charge is 0.227 e. The van der Waals surface area contributed by atoms with Crippen LogP contribution >= 0.6 is 0 Å². The van der Waals surface area contributed by atoms with Gasteiger partial charge in [-0.05, 0) is 37.8 Å². The van der Waals surface area contributed by atoms with Crippen molar-refractivity contribution in [2.24, 2.45) is 11.1 Å². The highest BCUT2D eigenvalue weighted by Gasteiger charge is 2.39. The molecule has 0 aliphatic carbocycles. The maximum atomic E-state index is 13.6. The average Bonchev–Trinajstić information content (AvgIpc) is 2.50. The monoisotopic (exact) mass is 294 g/mol. The highest BCUT2D eigenvalue weighted by molar-refractivity contribution is 5.83. The van der Waals surface area contributed by atoms with E-state index in [-0.39, 0.29) is 17.8 Å². The fraction of sp³-hybridized carbons (Fsp3) is 0.562. The number of hydrogen-bond donors (Lipinski definition) is 2. The van der Waals surface area contributed by atoms with Crippen LogP contribution in [0.3, 0.4) is 0 Å². The Morgan fingerprint density at radius 1 is 1.43 bits per heavy atom. The van der Waals surface area contributed by atoms with Gasteiger partial charge in [0.2, 0.25) is 5.91 Å². The molecule has 1 fully saturated rings. The Kier molecular flexibility index (Phi) is 5.31. The Balaban J connectivity index is 1.97. The minimum absolute atomic E-state index is 0.0443. The predicted octanol–water partition coefficient (Wildman–Crippen LogP) is 1.63. The second kappa shape index (κ2) is 7.00. The summed E-state index contributed by atoms with van der Waals surface area (Å²) in [6, 6.07) is 6.50. The van der Waals surface area contributed by atoms with Crippen molar-refractivity contribution in [1.82, 2.24) is 5.32 Å². The summed E-state index contributed by atoms with van der Waals surface area (Å²) in [6.45, 7) is 3.32. The van der Waals surface area contributed by atoms with Crippen LogP contribution in [0, 0.1) is 11.2 Å². The minimum Gasteiger partial charge on any atom is -0.381 e. The highest BCUT2D eigenvalue weighted by atomic mass is 19.1. The largest absolute Gasteiger partial charge is 0.381 e. The normalized spacial score (nSPS) is 19.0. The first-order chi connectivity index (χ1) is 10.1. The van der Waals surface area contributed by atoms with Crippen molar-refractivity contribution >= 4 is 5.91 Å². The Bertz CT molecular complexity index is 487. The first-order valence-electron chi connectivity index (χ1n) is 7.39. The van der Waals surface area contributed by atoms with Crippen molar-refractivity contribution in [3.8, 4) is 0 Å². The quantitative estimate of drug-likeness (QED) is 0.867. The highest BCUT2D eigenvalue weighted by Crippen LogP contribution is 2.29. The molecule has 1 aromatic rings. The van der Waals surface area contributed by atoms with Crippen LogP contribution in [-0.2, 0) is 16.0 Å². The van der Waals surface area contributed by atoms with E-state index in [1.807, 2.05) is 6.92 Å². The van der Waals surface area contributed by atoms with E-state index >= 15 is 0 Å². The van der Waals surface area contributed by atoms with E-state index in [0.717, 1.165) is 0 Å². The van der Waals surface area contributed by atoms with Gasteiger partial charge in [0, 0.05) is 25.8 Å². The molecule has 0 saturated carbocycles. The van der Waals surface area contributed by atoms with Gasteiger partial charge in [0.1, 0.15) is 5.82 Å². The van der Waals surface area contributed by atoms with E-state index in [1.165, 1.54) is 6.07 Å². The van der Waals surface area contributed by atoms with Crippen molar-refractivity contribution < 1.29 is 13.9 Å². The molecule has 116 valence electrons. The van der Waals surface area contributed by atoms with E-state index < -0.39 is 5.41 Å². The molecule has 0 radical (unpaired) electrons. The van der Waals surface area contributed by atoms with Crippen LogP contribution in [0.1, 0.15) is 25.3 Å². The maximum absolute atomic E-state index is 13.6. The van der Waals surface area contributed by atoms with Crippen LogP contribution in [0.25, 0.3) is 0 Å². The molecule has 1 aliphatic rings. The number of rotatable bonds is 5. The predicted molar refractivity (Wildman–Crippen MR) is 79.2 cm³/mol. The first-order valence-corrected chi connectivity index (χ1v) is 7.39. The SMILES string of the molecule is CC(Cc1ccccc1F)NC(=O)C1(CN)CCOCC1. The Hall–Kier alpha value is -1.46. The zero-order chi connectivity index (χ0) is 15.3. The maximum Gasteiger partial charge on any atom is 0.227 e. The van der Waals surface area contributed by atoms with E-state index in [1.54, 1.807) is 18.2 Å². The van der Waals surface area contributed by atoms with Crippen molar-refractivity contribution in [2.75, 3.05) is 19.8 Å². The number of nitrogens with two attached hydrogens (primary N) is 1. The molecule has 1 saturated heterocycles. The van der Waals surface area contributed by atoms with Gasteiger partial charge in [0.15, 0.2) is 0 Å². The van der Waals surface area contributed by atoms with Gasteiger partial charge in [-0.15, -0.1) is 0 Å². The lowest BCUT2D eigenvalue weighted by molar-refractivity contribution is -0.136. The Labute approximate surface area is 124 Å². The van der Waals surface area contributed by atoms with Crippen molar-refractivity contribution in [1.29, 1.82) is 0 Å². The van der Waals surface area contributed by atoms with Crippen molar-refractivity contribution in [2.45, 2.75) is 32.2 Å². The number of benzene rings is 1. The molecule has 1 unspecified atom stereocenters. The van der Waals surface area contributed by atoms with Crippen LogP contribution in [0.15, 0.2) is 24.3 Å². The molecule has 21 heavy (non-hydrogen) atoms. The number of amides is 1. The molecular weight excluding hydrogens is 271 g/mol. The van der Waals surface area contributed by atoms with E-state index in [9.17, 15) is 9.18 Å². The number of carbonyl (C=O) groups is 1. The lowest BCUT2D eigenvalue weighted by atomic mass is 9.79. The fourth-order valence-corrected chi connectivity index (χ4v) is 2.71. The molecule has 1 aliphatic heterocycles. The summed E-state index contributed by atoms with van der Waals surface area (Å²) in [6.07, 6.45) is 1.75. The number of nitrogens with one attached hydrogen (secondary N) is 1. The molecule has 0 aromatic heterocycles. The molecule has 0 spiro atoms. The fourth-order valence-electron chi connectivity index (χ4n) is 2.71. The van der Waals surface area contributed by atoms with Crippen LogP contribution < -0.4 is 11.1 Å². The molecule has 1 heterocycles. The molecule has 5 heteroatoms. The van der Waals surface area contributed by atoms with E-state index in [4.69, 9.17) is 10.5 Å². The summed E-state index contributed by atoms with van der Waals surface area (Å²) in [4.78, 5) is 12.5. The molecule has 4 nitrogen and oxygen atoms in total. The van der Waals surface area contributed by atoms with Gasteiger partial charge in [-0.3, -0.25) is 4.79 Å². The third-order valence-corrected chi connectivity index (χ3v) is 4.18. The molecular formula is C16H23FN2O2. The Morgan fingerprint density at radius 2 is 2.10 bits per heavy atom. The molecule has 1 atom stereocenters. The summed E-state index contributed by atoms with van der Waals surface area (Å²) in [5, 5.41) is 2.98. The van der Waals surface area contributed by atoms with Crippen LogP contribution in [0.4, 0.5) is 4.39 Å². The minimum atomic E-state index is -0.540. The zero-order valence-corrected chi connectivity index (χ0v) is 12.4. The summed E-state index contributed by atoms with van der Waals surface area (Å²) in [7, 11) is 0. The van der Waals surface area contributed by atoms with Gasteiger partial charge in [0.25, 0.3) is 0 Å². The summed E-state index contributed by atoms with van der Waals surface area (Å²) >= 11 is 0. The van der Waals surface area contributed by atoms with E-state index in [2.05, 4.69) is 5.32 Å². The van der Waals surface area contributed by atoms with E-state index in [0.29, 0.717) is 44.6 Å². The number of ether oxygens (including phenoxy) is 1. The molecule has 1 amide bonds. The molecule has 3 N–H and O–H groups in total. The van der Waals surface area contributed by atoms with Gasteiger partial charge in [-0.2, -0.15) is 0 Å². The van der Waals surface area contributed by atoms with Gasteiger partial charge < -0.3 is 15.8 Å². The van der Waals surface area contributed by atoms with Gasteiger partial charge in [-0.25, -0.2) is 4.39 Å². The van der Waals surface area contributed by atoms with Crippen LogP contribution in [0.2, 0.25) is 0 Å². The number of halogens is 1. The summed E-state index contributed by atoms with van der Waals surface area (Å²) < 4.78 is 18.9. The third-order valence-electron chi connectivity index (χ3n) is 4.18. The summed E-state index contributed by atoms with van der Waals surface area (Å²) in [5.74, 6) is -0.282. The Morgan fingerprint density at radius 3 is 2.71 bits per heavy atom. The van der Waals surface area contributed by atoms with Crippen molar-refractivity contribution in [3.63, 3.8) is 0 Å². The zero-order valence-electron chi connectivity index (χ0n) is 12.4. The summed E-state index contributed by atoms with van der Waals surface area (Å²) in [5.41, 5.74) is 5.89. The first kappa shape index (κ1) is 15.9. The number of hydrogen-bond acceptors (Lipinski definition) is 3. The topological polar surface area (TPSA) is 64.4 Å². The van der Waals surface area contributed by atoms with Gasteiger partial charge in [0.05, 0.1) is 5.41 Å². The van der Waals surface area contributed by atoms with Crippen LogP contribution in [-0.4, -0.2) is 31.7 Å². The standard InChI is InChI=1S/C16H23FN2O2/c1-12(10-13-4-2-3-5-14(13)17)19-15(20)16(11-18)6-8-21-9-7-16/h2-5,12H,6-11,18H2,1H3,(H,19,20). The van der Waals surface area contributed by atoms with Gasteiger partial charge in [-0.1, -0.05) is 18.2 Å². The van der Waals surface area contributed by atoms with Gasteiger partial charge >= 0.3 is 0 Å². The second-order valence-corrected chi connectivity index (χ2v) is 5.77. The molecule has 2 rings (SSSR count). The molecule has 0 bridgehead atoms. The lowest BCUT2D eigenvalue weighted by Crippen LogP contribution is -2.51. The average molecular weight is 294 g/mol. The van der Waals surface area contributed by atoms with Crippen molar-refractivity contribution in [3.05, 3.63) is 35.6 Å². The number of carbonyl (C=O) groups excluding carboxylic acids is 1. The van der Waals surface area contributed by atoms with Crippen LogP contribution in [0.5, 0.6) is 0 Å². The third kappa shape index (κ3) is 3.80. The second-order valence-electron chi connectivity index (χ2n) is 5.77. The lowest BCUT2D eigenvalue weighted by Gasteiger charge is -2.35.